The SMILES string of the molecule is Cc1c(C(=O)c2ccccc2)ccc(O)c1N. The van der Waals surface area contributed by atoms with Crippen LogP contribution in [-0.4, -0.2) is 10.9 Å². The molecule has 0 fully saturated rings. The van der Waals surface area contributed by atoms with Crippen LogP contribution >= 0.6 is 0 Å². The van der Waals surface area contributed by atoms with Gasteiger partial charge in [-0.1, -0.05) is 30.3 Å². The summed E-state index contributed by atoms with van der Waals surface area (Å²) >= 11 is 0. The summed E-state index contributed by atoms with van der Waals surface area (Å²) in [6, 6.07) is 12.0. The number of anilines is 1. The molecular formula is C14H13NO2. The highest BCUT2D eigenvalue weighted by atomic mass is 16.3. The standard InChI is InChI=1S/C14H13NO2/c1-9-11(7-8-12(16)13(9)15)14(17)10-5-3-2-4-6-10/h2-8,16H,15H2,1H3. The van der Waals surface area contributed by atoms with E-state index in [9.17, 15) is 9.90 Å². The zero-order chi connectivity index (χ0) is 12.4. The normalized spacial score (nSPS) is 10.2. The van der Waals surface area contributed by atoms with E-state index in [0.29, 0.717) is 16.7 Å². The molecule has 86 valence electrons. The fourth-order valence-electron chi connectivity index (χ4n) is 1.71. The number of hydrogen-bond acceptors (Lipinski definition) is 3. The molecule has 0 saturated heterocycles. The van der Waals surface area contributed by atoms with Crippen molar-refractivity contribution < 1.29 is 9.90 Å². The van der Waals surface area contributed by atoms with Gasteiger partial charge in [0, 0.05) is 11.1 Å². The first-order valence-electron chi connectivity index (χ1n) is 5.29. The number of nitrogen functional groups attached to an aromatic ring is 1. The second-order valence-corrected chi connectivity index (χ2v) is 3.87. The number of nitrogens with two attached hydrogens (primary N) is 1. The topological polar surface area (TPSA) is 63.3 Å². The average Bonchev–Trinajstić information content (AvgIpc) is 2.36. The first-order chi connectivity index (χ1) is 8.11. The Balaban J connectivity index is 2.49. The largest absolute Gasteiger partial charge is 0.506 e. The maximum Gasteiger partial charge on any atom is 0.193 e. The quantitative estimate of drug-likeness (QED) is 0.470. The van der Waals surface area contributed by atoms with Crippen LogP contribution in [0.1, 0.15) is 21.5 Å². The lowest BCUT2D eigenvalue weighted by Gasteiger charge is -2.09. The van der Waals surface area contributed by atoms with Crippen LogP contribution in [0.25, 0.3) is 0 Å². The molecule has 0 saturated carbocycles. The number of phenolic OH excluding ortho intramolecular Hbond substituents is 1. The van der Waals surface area contributed by atoms with Gasteiger partial charge in [-0.15, -0.1) is 0 Å². The summed E-state index contributed by atoms with van der Waals surface area (Å²) in [6.07, 6.45) is 0. The zero-order valence-corrected chi connectivity index (χ0v) is 9.47. The van der Waals surface area contributed by atoms with E-state index in [1.807, 2.05) is 18.2 Å². The highest BCUT2D eigenvalue weighted by molar-refractivity contribution is 6.10. The smallest absolute Gasteiger partial charge is 0.193 e. The second-order valence-electron chi connectivity index (χ2n) is 3.87. The van der Waals surface area contributed by atoms with Crippen molar-refractivity contribution in [3.8, 4) is 5.75 Å². The summed E-state index contributed by atoms with van der Waals surface area (Å²) in [4.78, 5) is 12.2. The molecule has 0 aliphatic rings. The maximum atomic E-state index is 12.2. The van der Waals surface area contributed by atoms with Gasteiger partial charge in [0.05, 0.1) is 5.69 Å². The van der Waals surface area contributed by atoms with E-state index in [0.717, 1.165) is 0 Å². The van der Waals surface area contributed by atoms with E-state index in [2.05, 4.69) is 0 Å². The molecule has 2 aromatic carbocycles. The van der Waals surface area contributed by atoms with Gasteiger partial charge < -0.3 is 10.8 Å². The molecule has 0 radical (unpaired) electrons. The first kappa shape index (κ1) is 11.2. The van der Waals surface area contributed by atoms with Gasteiger partial charge >= 0.3 is 0 Å². The van der Waals surface area contributed by atoms with E-state index in [1.54, 1.807) is 25.1 Å². The van der Waals surface area contributed by atoms with Crippen LogP contribution < -0.4 is 5.73 Å². The monoisotopic (exact) mass is 227 g/mol. The number of rotatable bonds is 2. The molecule has 0 spiro atoms. The van der Waals surface area contributed by atoms with Gasteiger partial charge in [0.15, 0.2) is 5.78 Å². The van der Waals surface area contributed by atoms with Crippen molar-refractivity contribution >= 4 is 11.5 Å². The third-order valence-corrected chi connectivity index (χ3v) is 2.77. The van der Waals surface area contributed by atoms with E-state index in [-0.39, 0.29) is 17.2 Å². The molecule has 0 aliphatic heterocycles. The summed E-state index contributed by atoms with van der Waals surface area (Å²) < 4.78 is 0. The number of hydrogen-bond donors (Lipinski definition) is 2. The third kappa shape index (κ3) is 1.99. The Labute approximate surface area is 99.5 Å². The summed E-state index contributed by atoms with van der Waals surface area (Å²) in [5, 5.41) is 9.44. The van der Waals surface area contributed by atoms with Gasteiger partial charge in [0.2, 0.25) is 0 Å². The van der Waals surface area contributed by atoms with Gasteiger partial charge in [-0.3, -0.25) is 4.79 Å². The van der Waals surface area contributed by atoms with Gasteiger partial charge in [-0.2, -0.15) is 0 Å². The third-order valence-electron chi connectivity index (χ3n) is 2.77. The van der Waals surface area contributed by atoms with E-state index in [1.165, 1.54) is 6.07 Å². The molecule has 3 N–H and O–H groups in total. The molecule has 3 nitrogen and oxygen atoms in total. The van der Waals surface area contributed by atoms with Gasteiger partial charge in [-0.05, 0) is 24.6 Å². The number of phenols is 1. The van der Waals surface area contributed by atoms with Crippen LogP contribution in [0, 0.1) is 6.92 Å². The van der Waals surface area contributed by atoms with Crippen molar-refractivity contribution in [3.05, 3.63) is 59.2 Å². The summed E-state index contributed by atoms with van der Waals surface area (Å²) in [7, 11) is 0. The lowest BCUT2D eigenvalue weighted by Crippen LogP contribution is -2.05. The van der Waals surface area contributed by atoms with E-state index < -0.39 is 0 Å². The molecular weight excluding hydrogens is 214 g/mol. The highest BCUT2D eigenvalue weighted by Gasteiger charge is 2.14. The second kappa shape index (κ2) is 4.29. The molecule has 0 bridgehead atoms. The van der Waals surface area contributed by atoms with E-state index in [4.69, 9.17) is 5.73 Å². The van der Waals surface area contributed by atoms with E-state index >= 15 is 0 Å². The number of ketones is 1. The first-order valence-corrected chi connectivity index (χ1v) is 5.29. The van der Waals surface area contributed by atoms with Gasteiger partial charge in [-0.25, -0.2) is 0 Å². The van der Waals surface area contributed by atoms with Crippen molar-refractivity contribution in [3.63, 3.8) is 0 Å². The van der Waals surface area contributed by atoms with Gasteiger partial charge in [0.1, 0.15) is 5.75 Å². The summed E-state index contributed by atoms with van der Waals surface area (Å²) in [6.45, 7) is 1.73. The van der Waals surface area contributed by atoms with Gasteiger partial charge in [0.25, 0.3) is 0 Å². The lowest BCUT2D eigenvalue weighted by molar-refractivity contribution is 0.103. The Morgan fingerprint density at radius 2 is 1.76 bits per heavy atom. The Morgan fingerprint density at radius 3 is 2.41 bits per heavy atom. The van der Waals surface area contributed by atoms with Crippen molar-refractivity contribution in [2.45, 2.75) is 6.92 Å². The molecule has 0 aliphatic carbocycles. The van der Waals surface area contributed by atoms with Crippen LogP contribution in [0.5, 0.6) is 5.75 Å². The molecule has 0 amide bonds. The fraction of sp³-hybridized carbons (Fsp3) is 0.0714. The molecule has 3 heteroatoms. The number of carbonyl (C=O) groups is 1. The molecule has 0 unspecified atom stereocenters. The predicted molar refractivity (Wildman–Crippen MR) is 67.1 cm³/mol. The number of aromatic hydroxyl groups is 1. The Kier molecular flexibility index (Phi) is 2.83. The minimum Gasteiger partial charge on any atom is -0.506 e. The predicted octanol–water partition coefficient (Wildman–Crippen LogP) is 2.51. The minimum atomic E-state index is -0.0881. The molecule has 0 heterocycles. The molecule has 17 heavy (non-hydrogen) atoms. The number of carbonyl (C=O) groups excluding carboxylic acids is 1. The fourth-order valence-corrected chi connectivity index (χ4v) is 1.71. The summed E-state index contributed by atoms with van der Waals surface area (Å²) in [5.41, 5.74) is 7.69. The maximum absolute atomic E-state index is 12.2. The Morgan fingerprint density at radius 1 is 1.12 bits per heavy atom. The van der Waals surface area contributed by atoms with Crippen LogP contribution in [0.4, 0.5) is 5.69 Å². The Hall–Kier alpha value is -2.29. The van der Waals surface area contributed by atoms with Crippen molar-refractivity contribution in [2.75, 3.05) is 5.73 Å². The molecule has 0 atom stereocenters. The molecule has 0 aromatic heterocycles. The van der Waals surface area contributed by atoms with Crippen LogP contribution in [0.3, 0.4) is 0 Å². The minimum absolute atomic E-state index is 0.00658. The van der Waals surface area contributed by atoms with Crippen LogP contribution in [-0.2, 0) is 0 Å². The van der Waals surface area contributed by atoms with Crippen molar-refractivity contribution in [1.29, 1.82) is 0 Å². The highest BCUT2D eigenvalue weighted by Crippen LogP contribution is 2.27. The summed E-state index contributed by atoms with van der Waals surface area (Å²) in [5.74, 6) is -0.0816. The lowest BCUT2D eigenvalue weighted by atomic mass is 9.98. The molecule has 2 aromatic rings. The van der Waals surface area contributed by atoms with Crippen LogP contribution in [0.15, 0.2) is 42.5 Å². The van der Waals surface area contributed by atoms with Crippen molar-refractivity contribution in [2.24, 2.45) is 0 Å². The van der Waals surface area contributed by atoms with Crippen LogP contribution in [0.2, 0.25) is 0 Å². The van der Waals surface area contributed by atoms with Crippen molar-refractivity contribution in [1.82, 2.24) is 0 Å². The molecule has 2 rings (SSSR count). The Bertz CT molecular complexity index is 562. The zero-order valence-electron chi connectivity index (χ0n) is 9.47. The average molecular weight is 227 g/mol. The number of benzene rings is 2.